The number of para-hydroxylation sites is 1. The van der Waals surface area contributed by atoms with Gasteiger partial charge in [0.25, 0.3) is 0 Å². The topological polar surface area (TPSA) is 12.9 Å². The standard InChI is InChI=1S/C15H10BrNS/c1-2-10-9-11(7-8-12(10)16)15-17-13-5-3-4-6-14(13)18-15/h2-9H,1H2. The molecule has 3 aromatic rings. The molecule has 2 aromatic carbocycles. The molecule has 18 heavy (non-hydrogen) atoms. The lowest BCUT2D eigenvalue weighted by Gasteiger charge is -2.01. The number of thiazole rings is 1. The Morgan fingerprint density at radius 1 is 1.17 bits per heavy atom. The molecule has 0 atom stereocenters. The van der Waals surface area contributed by atoms with E-state index < -0.39 is 0 Å². The van der Waals surface area contributed by atoms with Gasteiger partial charge in [0.15, 0.2) is 0 Å². The van der Waals surface area contributed by atoms with Crippen LogP contribution in [0.15, 0.2) is 53.5 Å². The van der Waals surface area contributed by atoms with E-state index in [0.717, 1.165) is 26.1 Å². The summed E-state index contributed by atoms with van der Waals surface area (Å²) in [5.74, 6) is 0. The average molecular weight is 316 g/mol. The fourth-order valence-electron chi connectivity index (χ4n) is 1.83. The summed E-state index contributed by atoms with van der Waals surface area (Å²) in [6.07, 6.45) is 1.85. The van der Waals surface area contributed by atoms with Crippen molar-refractivity contribution in [3.05, 3.63) is 59.1 Å². The molecule has 3 rings (SSSR count). The maximum atomic E-state index is 4.66. The van der Waals surface area contributed by atoms with Gasteiger partial charge in [-0.2, -0.15) is 0 Å². The molecule has 0 unspecified atom stereocenters. The molecule has 0 spiro atoms. The Kier molecular flexibility index (Phi) is 3.02. The summed E-state index contributed by atoms with van der Waals surface area (Å²) < 4.78 is 2.28. The summed E-state index contributed by atoms with van der Waals surface area (Å²) in [6.45, 7) is 3.82. The van der Waals surface area contributed by atoms with Crippen LogP contribution < -0.4 is 0 Å². The minimum absolute atomic E-state index is 1.05. The summed E-state index contributed by atoms with van der Waals surface area (Å²) in [4.78, 5) is 4.66. The second-order valence-electron chi connectivity index (χ2n) is 3.93. The number of hydrogen-bond donors (Lipinski definition) is 0. The van der Waals surface area contributed by atoms with Crippen LogP contribution in [0, 0.1) is 0 Å². The SMILES string of the molecule is C=Cc1cc(-c2nc3ccccc3s2)ccc1Br. The van der Waals surface area contributed by atoms with Crippen LogP contribution in [-0.4, -0.2) is 4.98 Å². The molecule has 1 nitrogen and oxygen atoms in total. The largest absolute Gasteiger partial charge is 0.236 e. The van der Waals surface area contributed by atoms with Gasteiger partial charge in [0, 0.05) is 10.0 Å². The van der Waals surface area contributed by atoms with Gasteiger partial charge in [-0.25, -0.2) is 4.98 Å². The number of rotatable bonds is 2. The number of hydrogen-bond acceptors (Lipinski definition) is 2. The van der Waals surface area contributed by atoms with Gasteiger partial charge >= 0.3 is 0 Å². The van der Waals surface area contributed by atoms with Gasteiger partial charge in [-0.3, -0.25) is 0 Å². The van der Waals surface area contributed by atoms with E-state index in [1.807, 2.05) is 30.3 Å². The van der Waals surface area contributed by atoms with Crippen molar-refractivity contribution < 1.29 is 0 Å². The van der Waals surface area contributed by atoms with Crippen LogP contribution in [0.2, 0.25) is 0 Å². The zero-order valence-electron chi connectivity index (χ0n) is 9.56. The highest BCUT2D eigenvalue weighted by molar-refractivity contribution is 9.10. The zero-order chi connectivity index (χ0) is 12.5. The Balaban J connectivity index is 2.16. The third-order valence-electron chi connectivity index (χ3n) is 2.76. The highest BCUT2D eigenvalue weighted by atomic mass is 79.9. The summed E-state index contributed by atoms with van der Waals surface area (Å²) in [7, 11) is 0. The molecule has 0 N–H and O–H groups in total. The summed E-state index contributed by atoms with van der Waals surface area (Å²) in [5, 5.41) is 1.05. The quantitative estimate of drug-likeness (QED) is 0.619. The van der Waals surface area contributed by atoms with Crippen molar-refractivity contribution in [1.29, 1.82) is 0 Å². The lowest BCUT2D eigenvalue weighted by atomic mass is 10.1. The molecule has 0 aliphatic rings. The Labute approximate surface area is 118 Å². The second kappa shape index (κ2) is 4.67. The molecule has 0 saturated heterocycles. The molecule has 0 aliphatic heterocycles. The predicted octanol–water partition coefficient (Wildman–Crippen LogP) is 5.37. The van der Waals surface area contributed by atoms with Gasteiger partial charge in [0.2, 0.25) is 0 Å². The molecular formula is C15H10BrNS. The minimum Gasteiger partial charge on any atom is -0.236 e. The monoisotopic (exact) mass is 315 g/mol. The van der Waals surface area contributed by atoms with Crippen molar-refractivity contribution >= 4 is 43.6 Å². The smallest absolute Gasteiger partial charge is 0.124 e. The van der Waals surface area contributed by atoms with E-state index in [1.165, 1.54) is 4.70 Å². The van der Waals surface area contributed by atoms with Crippen LogP contribution >= 0.6 is 27.3 Å². The fraction of sp³-hybridized carbons (Fsp3) is 0. The van der Waals surface area contributed by atoms with Crippen LogP contribution in [0.4, 0.5) is 0 Å². The van der Waals surface area contributed by atoms with Crippen molar-refractivity contribution in [2.75, 3.05) is 0 Å². The van der Waals surface area contributed by atoms with Crippen LogP contribution in [0.3, 0.4) is 0 Å². The van der Waals surface area contributed by atoms with Gasteiger partial charge in [0.05, 0.1) is 10.2 Å². The van der Waals surface area contributed by atoms with Gasteiger partial charge in [-0.1, -0.05) is 46.8 Å². The zero-order valence-corrected chi connectivity index (χ0v) is 12.0. The van der Waals surface area contributed by atoms with Crippen molar-refractivity contribution in [2.24, 2.45) is 0 Å². The van der Waals surface area contributed by atoms with Crippen LogP contribution in [-0.2, 0) is 0 Å². The van der Waals surface area contributed by atoms with E-state index in [4.69, 9.17) is 0 Å². The molecule has 0 saturated carbocycles. The maximum Gasteiger partial charge on any atom is 0.124 e. The van der Waals surface area contributed by atoms with Gasteiger partial charge in [-0.15, -0.1) is 11.3 Å². The van der Waals surface area contributed by atoms with E-state index in [1.54, 1.807) is 11.3 Å². The fourth-order valence-corrected chi connectivity index (χ4v) is 3.20. The Morgan fingerprint density at radius 3 is 2.78 bits per heavy atom. The van der Waals surface area contributed by atoms with E-state index in [2.05, 4.69) is 45.7 Å². The number of nitrogens with zero attached hydrogens (tertiary/aromatic N) is 1. The molecule has 0 bridgehead atoms. The van der Waals surface area contributed by atoms with Crippen LogP contribution in [0.5, 0.6) is 0 Å². The van der Waals surface area contributed by atoms with E-state index >= 15 is 0 Å². The highest BCUT2D eigenvalue weighted by Crippen LogP contribution is 2.32. The third-order valence-corrected chi connectivity index (χ3v) is 4.56. The maximum absolute atomic E-state index is 4.66. The number of fused-ring (bicyclic) bond motifs is 1. The molecule has 3 heteroatoms. The number of halogens is 1. The first-order valence-electron chi connectivity index (χ1n) is 5.56. The van der Waals surface area contributed by atoms with E-state index in [0.29, 0.717) is 0 Å². The summed E-state index contributed by atoms with van der Waals surface area (Å²) in [6, 6.07) is 14.4. The van der Waals surface area contributed by atoms with Gasteiger partial charge < -0.3 is 0 Å². The lowest BCUT2D eigenvalue weighted by molar-refractivity contribution is 1.47. The van der Waals surface area contributed by atoms with Gasteiger partial charge in [0.1, 0.15) is 5.01 Å². The highest BCUT2D eigenvalue weighted by Gasteiger charge is 2.07. The third kappa shape index (κ3) is 2.00. The summed E-state index contributed by atoms with van der Waals surface area (Å²) in [5.41, 5.74) is 3.28. The predicted molar refractivity (Wildman–Crippen MR) is 82.8 cm³/mol. The first-order valence-corrected chi connectivity index (χ1v) is 7.17. The van der Waals surface area contributed by atoms with Crippen molar-refractivity contribution in [1.82, 2.24) is 4.98 Å². The summed E-state index contributed by atoms with van der Waals surface area (Å²) >= 11 is 5.22. The lowest BCUT2D eigenvalue weighted by Crippen LogP contribution is -1.80. The van der Waals surface area contributed by atoms with Crippen LogP contribution in [0.25, 0.3) is 26.9 Å². The number of benzene rings is 2. The molecule has 0 amide bonds. The second-order valence-corrected chi connectivity index (χ2v) is 5.81. The van der Waals surface area contributed by atoms with E-state index in [-0.39, 0.29) is 0 Å². The van der Waals surface area contributed by atoms with Gasteiger partial charge in [-0.05, 0) is 29.8 Å². The Hall–Kier alpha value is -1.45. The van der Waals surface area contributed by atoms with Crippen LogP contribution in [0.1, 0.15) is 5.56 Å². The molecule has 88 valence electrons. The minimum atomic E-state index is 1.05. The molecule has 1 aromatic heterocycles. The average Bonchev–Trinajstić information content (AvgIpc) is 2.83. The van der Waals surface area contributed by atoms with Crippen molar-refractivity contribution in [2.45, 2.75) is 0 Å². The molecule has 0 fully saturated rings. The first kappa shape index (κ1) is 11.6. The Morgan fingerprint density at radius 2 is 2.00 bits per heavy atom. The molecule has 1 heterocycles. The number of aromatic nitrogens is 1. The van der Waals surface area contributed by atoms with Crippen molar-refractivity contribution in [3.8, 4) is 10.6 Å². The Bertz CT molecular complexity index is 697. The van der Waals surface area contributed by atoms with E-state index in [9.17, 15) is 0 Å². The normalized spacial score (nSPS) is 10.7. The first-order chi connectivity index (χ1) is 8.78. The van der Waals surface area contributed by atoms with Crippen molar-refractivity contribution in [3.63, 3.8) is 0 Å². The molecular weight excluding hydrogens is 306 g/mol. The molecule has 0 radical (unpaired) electrons. The molecule has 0 aliphatic carbocycles.